The maximum atomic E-state index is 15.2. The number of methoxy groups -OCH3 is 1. The van der Waals surface area contributed by atoms with E-state index in [9.17, 15) is 23.1 Å². The highest BCUT2D eigenvalue weighted by Crippen LogP contribution is 2.39. The molecule has 3 N–H and O–H groups in total. The van der Waals surface area contributed by atoms with Crippen LogP contribution < -0.4 is 5.73 Å². The van der Waals surface area contributed by atoms with Gasteiger partial charge < -0.3 is 20.3 Å². The third-order valence-electron chi connectivity index (χ3n) is 7.16. The van der Waals surface area contributed by atoms with Gasteiger partial charge in [-0.1, -0.05) is 54.9 Å². The van der Waals surface area contributed by atoms with Crippen LogP contribution in [0.2, 0.25) is 5.02 Å². The van der Waals surface area contributed by atoms with Crippen LogP contribution in [0.4, 0.5) is 10.1 Å². The minimum atomic E-state index is -4.88. The van der Waals surface area contributed by atoms with E-state index in [-0.39, 0.29) is 28.4 Å². The summed E-state index contributed by atoms with van der Waals surface area (Å²) in [4.78, 5) is 24.8. The van der Waals surface area contributed by atoms with Crippen molar-refractivity contribution >= 4 is 39.3 Å². The first-order valence-electron chi connectivity index (χ1n) is 13.0. The fourth-order valence-corrected chi connectivity index (χ4v) is 7.12. The van der Waals surface area contributed by atoms with Crippen LogP contribution in [0.15, 0.2) is 59.5 Å². The van der Waals surface area contributed by atoms with E-state index in [0.29, 0.717) is 15.4 Å². The number of carboxylic acids is 1. The maximum absolute atomic E-state index is 15.2. The van der Waals surface area contributed by atoms with Crippen molar-refractivity contribution in [2.24, 2.45) is 0 Å². The van der Waals surface area contributed by atoms with E-state index in [1.165, 1.54) is 25.1 Å². The third kappa shape index (κ3) is 7.09. The van der Waals surface area contributed by atoms with Crippen LogP contribution in [-0.2, 0) is 35.7 Å². The number of esters is 1. The number of aliphatic carboxylic acids is 1. The number of benzene rings is 3. The number of ether oxygens (including phenoxy) is 2. The first-order chi connectivity index (χ1) is 19.7. The van der Waals surface area contributed by atoms with Crippen molar-refractivity contribution in [1.29, 1.82) is 0 Å². The van der Waals surface area contributed by atoms with E-state index in [1.54, 1.807) is 26.8 Å². The summed E-state index contributed by atoms with van der Waals surface area (Å²) < 4.78 is 55.4. The van der Waals surface area contributed by atoms with Gasteiger partial charge in [0.15, 0.2) is 0 Å². The summed E-state index contributed by atoms with van der Waals surface area (Å²) in [5, 5.41) is 9.92. The first-order valence-corrected chi connectivity index (χ1v) is 14.8. The fraction of sp³-hybridized carbons (Fsp3) is 0.333. The number of nitrogens with zero attached hydrogens (tertiary/aromatic N) is 1. The van der Waals surface area contributed by atoms with E-state index < -0.39 is 57.3 Å². The zero-order chi connectivity index (χ0) is 31.4. The molecule has 3 rings (SSSR count). The number of rotatable bonds is 12. The quantitative estimate of drug-likeness (QED) is 0.204. The van der Waals surface area contributed by atoms with Crippen molar-refractivity contribution in [2.75, 3.05) is 19.4 Å². The molecule has 0 fully saturated rings. The molecule has 0 amide bonds. The number of hydrogen-bond donors (Lipinski definition) is 2. The number of nitrogen functional groups attached to an aromatic ring is 1. The number of carboxylic acid groups (broad SMARTS) is 1. The molecule has 0 aliphatic rings. The van der Waals surface area contributed by atoms with Crippen LogP contribution >= 0.6 is 11.6 Å². The van der Waals surface area contributed by atoms with Gasteiger partial charge in [-0.05, 0) is 61.2 Å². The Labute approximate surface area is 250 Å². The van der Waals surface area contributed by atoms with Crippen LogP contribution in [0.1, 0.15) is 53.7 Å². The summed E-state index contributed by atoms with van der Waals surface area (Å²) in [6.45, 7) is 5.40. The Balaban J connectivity index is 2.21. The fourth-order valence-electron chi connectivity index (χ4n) is 4.92. The molecule has 0 heterocycles. The van der Waals surface area contributed by atoms with Gasteiger partial charge in [0.05, 0.1) is 25.5 Å². The molecule has 12 heteroatoms. The Kier molecular flexibility index (Phi) is 10.7. The van der Waals surface area contributed by atoms with Crippen LogP contribution in [0.5, 0.6) is 0 Å². The lowest BCUT2D eigenvalue weighted by atomic mass is 9.87. The Hall–Kier alpha value is -3.51. The average Bonchev–Trinajstić information content (AvgIpc) is 2.93. The van der Waals surface area contributed by atoms with Gasteiger partial charge in [-0.2, -0.15) is 4.31 Å². The number of halogens is 2. The maximum Gasteiger partial charge on any atom is 0.324 e. The third-order valence-corrected chi connectivity index (χ3v) is 9.34. The highest BCUT2D eigenvalue weighted by molar-refractivity contribution is 7.89. The van der Waals surface area contributed by atoms with Crippen molar-refractivity contribution in [2.45, 2.75) is 57.3 Å². The zero-order valence-corrected chi connectivity index (χ0v) is 25.5. The van der Waals surface area contributed by atoms with Crippen LogP contribution in [-0.4, -0.2) is 49.5 Å². The molecule has 0 saturated carbocycles. The van der Waals surface area contributed by atoms with Crippen LogP contribution in [0.25, 0.3) is 0 Å². The minimum Gasteiger partial charge on any atom is -0.480 e. The topological polar surface area (TPSA) is 136 Å². The van der Waals surface area contributed by atoms with E-state index in [1.807, 2.05) is 30.3 Å². The first kappa shape index (κ1) is 33.0. The molecule has 0 aliphatic heterocycles. The van der Waals surface area contributed by atoms with Gasteiger partial charge in [0.1, 0.15) is 23.3 Å². The summed E-state index contributed by atoms with van der Waals surface area (Å²) >= 11 is 6.26. The van der Waals surface area contributed by atoms with Crippen LogP contribution in [0, 0.1) is 19.7 Å². The van der Waals surface area contributed by atoms with Gasteiger partial charge in [0.2, 0.25) is 10.0 Å². The van der Waals surface area contributed by atoms with E-state index in [0.717, 1.165) is 12.7 Å². The molecule has 3 aromatic carbocycles. The van der Waals surface area contributed by atoms with Crippen molar-refractivity contribution in [1.82, 2.24) is 4.31 Å². The molecule has 0 radical (unpaired) electrons. The van der Waals surface area contributed by atoms with Crippen molar-refractivity contribution < 1.29 is 37.0 Å². The molecule has 42 heavy (non-hydrogen) atoms. The Morgan fingerprint density at radius 1 is 1.10 bits per heavy atom. The number of anilines is 1. The molecule has 0 saturated heterocycles. The summed E-state index contributed by atoms with van der Waals surface area (Å²) in [5.74, 6) is -4.46. The molecule has 0 aliphatic carbocycles. The Morgan fingerprint density at radius 2 is 1.74 bits per heavy atom. The number of nitrogens with two attached hydrogens (primary N) is 1. The van der Waals surface area contributed by atoms with Crippen molar-refractivity contribution in [3.05, 3.63) is 93.3 Å². The van der Waals surface area contributed by atoms with Gasteiger partial charge >= 0.3 is 11.9 Å². The number of sulfonamides is 1. The average molecular weight is 621 g/mol. The van der Waals surface area contributed by atoms with E-state index in [2.05, 4.69) is 0 Å². The highest BCUT2D eigenvalue weighted by atomic mass is 35.5. The summed E-state index contributed by atoms with van der Waals surface area (Å²) in [6.07, 6.45) is -0.881. The number of carbonyl (C=O) groups excluding carboxylic acids is 1. The van der Waals surface area contributed by atoms with Gasteiger partial charge in [0.25, 0.3) is 0 Å². The second-order valence-corrected chi connectivity index (χ2v) is 12.2. The van der Waals surface area contributed by atoms with Gasteiger partial charge in [-0.15, -0.1) is 0 Å². The Bertz CT molecular complexity index is 1570. The molecule has 3 atom stereocenters. The summed E-state index contributed by atoms with van der Waals surface area (Å²) in [5.41, 5.74) is 8.06. The monoisotopic (exact) mass is 620 g/mol. The molecule has 0 aromatic heterocycles. The molecular formula is C30H34ClFN2O7S. The number of carbonyl (C=O) groups is 2. The molecule has 0 bridgehead atoms. The lowest BCUT2D eigenvalue weighted by Crippen LogP contribution is -2.51. The lowest BCUT2D eigenvalue weighted by Gasteiger charge is -2.34. The van der Waals surface area contributed by atoms with Gasteiger partial charge in [-0.25, -0.2) is 12.8 Å². The standard InChI is InChI=1S/C30H34ClFN2O7S/c1-17-11-12-24(32)27(18(17)2)19(3)28(30(37)40-5)34(15-26(35)36)42(38,39)29-23(13-22(31)14-25(29)33)20(4)41-16-21-9-7-6-8-10-21/h6-14,19-20,28H,15-16,33H2,1-5H3,(H,35,36)/t19?,20?,28-/m0/s1. The van der Waals surface area contributed by atoms with Gasteiger partial charge in [-0.3, -0.25) is 9.59 Å². The minimum absolute atomic E-state index is 0.0554. The van der Waals surface area contributed by atoms with Crippen molar-refractivity contribution in [3.63, 3.8) is 0 Å². The SMILES string of the molecule is COC(=O)[C@H](C(C)c1c(F)ccc(C)c1C)N(CC(=O)O)S(=O)(=O)c1c(N)cc(Cl)cc1C(C)OCc1ccccc1. The summed E-state index contributed by atoms with van der Waals surface area (Å²) in [7, 11) is -3.84. The molecular weight excluding hydrogens is 587 g/mol. The molecule has 2 unspecified atom stereocenters. The smallest absolute Gasteiger partial charge is 0.324 e. The molecule has 3 aromatic rings. The largest absolute Gasteiger partial charge is 0.480 e. The zero-order valence-electron chi connectivity index (χ0n) is 23.9. The van der Waals surface area contributed by atoms with Crippen LogP contribution in [0.3, 0.4) is 0 Å². The number of aryl methyl sites for hydroxylation is 1. The normalized spacial score (nSPS) is 13.9. The summed E-state index contributed by atoms with van der Waals surface area (Å²) in [6, 6.07) is 12.7. The predicted octanol–water partition coefficient (Wildman–Crippen LogP) is 5.38. The number of hydrogen-bond acceptors (Lipinski definition) is 7. The highest BCUT2D eigenvalue weighted by Gasteiger charge is 2.44. The second kappa shape index (κ2) is 13.6. The lowest BCUT2D eigenvalue weighted by molar-refractivity contribution is -0.147. The molecule has 226 valence electrons. The van der Waals surface area contributed by atoms with E-state index in [4.69, 9.17) is 26.8 Å². The predicted molar refractivity (Wildman–Crippen MR) is 157 cm³/mol. The molecule has 9 nitrogen and oxygen atoms in total. The van der Waals surface area contributed by atoms with E-state index >= 15 is 4.39 Å². The Morgan fingerprint density at radius 3 is 2.33 bits per heavy atom. The second-order valence-electron chi connectivity index (χ2n) is 9.96. The van der Waals surface area contributed by atoms with Gasteiger partial charge in [0, 0.05) is 16.5 Å². The van der Waals surface area contributed by atoms with Crippen molar-refractivity contribution in [3.8, 4) is 0 Å². The molecule has 0 spiro atoms.